The minimum atomic E-state index is 0.335. The number of likely N-dealkylation sites (N-methyl/N-ethyl adjacent to an activating group) is 1. The van der Waals surface area contributed by atoms with E-state index in [1.165, 1.54) is 4.88 Å². The van der Waals surface area contributed by atoms with Crippen LogP contribution in [0.25, 0.3) is 10.2 Å². The SMILES string of the molecule is CCc1cc2c(NCCN(C)C(C)C)nc(N)nc2s1. The van der Waals surface area contributed by atoms with Crippen LogP contribution < -0.4 is 11.1 Å². The summed E-state index contributed by atoms with van der Waals surface area (Å²) in [6.07, 6.45) is 1.01. The van der Waals surface area contributed by atoms with Gasteiger partial charge in [0, 0.05) is 24.0 Å². The van der Waals surface area contributed by atoms with Gasteiger partial charge in [0.25, 0.3) is 0 Å². The number of nitrogens with zero attached hydrogens (tertiary/aromatic N) is 3. The molecule has 3 N–H and O–H groups in total. The van der Waals surface area contributed by atoms with Crippen LogP contribution in [0, 0.1) is 0 Å². The van der Waals surface area contributed by atoms with Gasteiger partial charge in [0.15, 0.2) is 0 Å². The van der Waals surface area contributed by atoms with E-state index in [0.29, 0.717) is 12.0 Å². The van der Waals surface area contributed by atoms with Gasteiger partial charge in [-0.2, -0.15) is 4.98 Å². The Bertz CT molecular complexity index is 578. The molecule has 0 atom stereocenters. The Morgan fingerprint density at radius 1 is 1.40 bits per heavy atom. The number of nitrogen functional groups attached to an aromatic ring is 1. The highest BCUT2D eigenvalue weighted by Gasteiger charge is 2.10. The number of hydrogen-bond acceptors (Lipinski definition) is 6. The molecule has 0 aliphatic rings. The summed E-state index contributed by atoms with van der Waals surface area (Å²) in [5.41, 5.74) is 5.79. The zero-order valence-corrected chi connectivity index (χ0v) is 13.4. The van der Waals surface area contributed by atoms with Crippen molar-refractivity contribution in [3.63, 3.8) is 0 Å². The highest BCUT2D eigenvalue weighted by Crippen LogP contribution is 2.29. The Balaban J connectivity index is 2.14. The summed E-state index contributed by atoms with van der Waals surface area (Å²) >= 11 is 1.69. The molecule has 2 aromatic heterocycles. The highest BCUT2D eigenvalue weighted by molar-refractivity contribution is 7.18. The molecule has 0 amide bonds. The van der Waals surface area contributed by atoms with Crippen molar-refractivity contribution in [1.29, 1.82) is 0 Å². The maximum atomic E-state index is 5.79. The van der Waals surface area contributed by atoms with E-state index in [4.69, 9.17) is 5.73 Å². The van der Waals surface area contributed by atoms with Gasteiger partial charge in [0.05, 0.1) is 5.39 Å². The molecule has 0 fully saturated rings. The molecule has 2 aromatic rings. The van der Waals surface area contributed by atoms with Crippen molar-refractivity contribution >= 4 is 33.3 Å². The molecule has 0 radical (unpaired) electrons. The van der Waals surface area contributed by atoms with Crippen molar-refractivity contribution in [2.45, 2.75) is 33.2 Å². The topological polar surface area (TPSA) is 67.1 Å². The minimum Gasteiger partial charge on any atom is -0.368 e. The fourth-order valence-corrected chi connectivity index (χ4v) is 2.88. The number of fused-ring (bicyclic) bond motifs is 1. The van der Waals surface area contributed by atoms with Crippen LogP contribution in [-0.4, -0.2) is 41.0 Å². The van der Waals surface area contributed by atoms with Crippen molar-refractivity contribution in [1.82, 2.24) is 14.9 Å². The molecule has 0 aliphatic heterocycles. The Labute approximate surface area is 124 Å². The number of hydrogen-bond donors (Lipinski definition) is 2. The molecular weight excluding hydrogens is 270 g/mol. The van der Waals surface area contributed by atoms with E-state index >= 15 is 0 Å². The summed E-state index contributed by atoms with van der Waals surface area (Å²) < 4.78 is 0. The summed E-state index contributed by atoms with van der Waals surface area (Å²) in [5.74, 6) is 1.18. The summed E-state index contributed by atoms with van der Waals surface area (Å²) in [5, 5.41) is 4.46. The number of anilines is 2. The molecule has 6 heteroatoms. The van der Waals surface area contributed by atoms with Crippen LogP contribution in [0.1, 0.15) is 25.6 Å². The quantitative estimate of drug-likeness (QED) is 0.857. The van der Waals surface area contributed by atoms with Crippen LogP contribution in [0.5, 0.6) is 0 Å². The molecule has 0 saturated carbocycles. The lowest BCUT2D eigenvalue weighted by molar-refractivity contribution is 0.284. The maximum Gasteiger partial charge on any atom is 0.223 e. The monoisotopic (exact) mass is 293 g/mol. The number of thiophene rings is 1. The predicted molar refractivity (Wildman–Crippen MR) is 87.5 cm³/mol. The van der Waals surface area contributed by atoms with Gasteiger partial charge >= 0.3 is 0 Å². The molecule has 110 valence electrons. The van der Waals surface area contributed by atoms with Crippen molar-refractivity contribution < 1.29 is 0 Å². The van der Waals surface area contributed by atoms with E-state index in [2.05, 4.69) is 54.1 Å². The van der Waals surface area contributed by atoms with Gasteiger partial charge < -0.3 is 16.0 Å². The molecule has 0 spiro atoms. The lowest BCUT2D eigenvalue weighted by atomic mass is 10.3. The first-order valence-electron chi connectivity index (χ1n) is 7.01. The molecule has 0 saturated heterocycles. The number of nitrogens with two attached hydrogens (primary N) is 1. The van der Waals surface area contributed by atoms with E-state index in [-0.39, 0.29) is 0 Å². The second-order valence-corrected chi connectivity index (χ2v) is 6.33. The summed E-state index contributed by atoms with van der Waals surface area (Å²) in [4.78, 5) is 13.2. The predicted octanol–water partition coefficient (Wildman–Crippen LogP) is 2.59. The smallest absolute Gasteiger partial charge is 0.223 e. The van der Waals surface area contributed by atoms with E-state index in [1.807, 2.05) is 0 Å². The van der Waals surface area contributed by atoms with Crippen LogP contribution in [0.4, 0.5) is 11.8 Å². The lowest BCUT2D eigenvalue weighted by Gasteiger charge is -2.21. The first-order chi connectivity index (χ1) is 9.51. The zero-order valence-electron chi connectivity index (χ0n) is 12.6. The third kappa shape index (κ3) is 3.37. The van der Waals surface area contributed by atoms with Crippen LogP contribution in [-0.2, 0) is 6.42 Å². The molecule has 20 heavy (non-hydrogen) atoms. The second kappa shape index (κ2) is 6.37. The molecule has 0 unspecified atom stereocenters. The zero-order chi connectivity index (χ0) is 14.7. The fraction of sp³-hybridized carbons (Fsp3) is 0.571. The minimum absolute atomic E-state index is 0.335. The standard InChI is InChI=1S/C14H23N5S/c1-5-10-8-11-12(16-6-7-19(4)9(2)3)17-14(15)18-13(11)20-10/h8-9H,5-7H2,1-4H3,(H3,15,16,17,18). The van der Waals surface area contributed by atoms with Crippen LogP contribution in [0.15, 0.2) is 6.07 Å². The third-order valence-electron chi connectivity index (χ3n) is 3.45. The summed E-state index contributed by atoms with van der Waals surface area (Å²) in [7, 11) is 2.12. The number of rotatable bonds is 6. The van der Waals surface area contributed by atoms with E-state index in [1.54, 1.807) is 11.3 Å². The first-order valence-corrected chi connectivity index (χ1v) is 7.83. The van der Waals surface area contributed by atoms with Gasteiger partial charge in [-0.05, 0) is 33.4 Å². The highest BCUT2D eigenvalue weighted by atomic mass is 32.1. The Morgan fingerprint density at radius 3 is 2.80 bits per heavy atom. The van der Waals surface area contributed by atoms with Gasteiger partial charge in [-0.15, -0.1) is 11.3 Å². The van der Waals surface area contributed by atoms with Crippen LogP contribution in [0.2, 0.25) is 0 Å². The second-order valence-electron chi connectivity index (χ2n) is 5.22. The number of nitrogens with one attached hydrogen (secondary N) is 1. The summed E-state index contributed by atoms with van der Waals surface area (Å²) in [6.45, 7) is 8.33. The molecule has 0 aliphatic carbocycles. The van der Waals surface area contributed by atoms with Gasteiger partial charge in [0.1, 0.15) is 10.6 Å². The van der Waals surface area contributed by atoms with Crippen molar-refractivity contribution in [2.24, 2.45) is 0 Å². The van der Waals surface area contributed by atoms with Crippen LogP contribution in [0.3, 0.4) is 0 Å². The molecule has 2 heterocycles. The number of aromatic nitrogens is 2. The summed E-state index contributed by atoms with van der Waals surface area (Å²) in [6, 6.07) is 2.70. The fourth-order valence-electron chi connectivity index (χ4n) is 1.91. The Kier molecular flexibility index (Phi) is 4.77. The molecule has 5 nitrogen and oxygen atoms in total. The van der Waals surface area contributed by atoms with Gasteiger partial charge in [-0.3, -0.25) is 0 Å². The van der Waals surface area contributed by atoms with Crippen molar-refractivity contribution in [3.8, 4) is 0 Å². The average molecular weight is 293 g/mol. The first kappa shape index (κ1) is 15.0. The van der Waals surface area contributed by atoms with Gasteiger partial charge in [-0.25, -0.2) is 4.98 Å². The number of aryl methyl sites for hydroxylation is 1. The maximum absolute atomic E-state index is 5.79. The van der Waals surface area contributed by atoms with Crippen molar-refractivity contribution in [2.75, 3.05) is 31.2 Å². The van der Waals surface area contributed by atoms with E-state index in [0.717, 1.165) is 35.5 Å². The van der Waals surface area contributed by atoms with E-state index < -0.39 is 0 Å². The van der Waals surface area contributed by atoms with Crippen LogP contribution >= 0.6 is 11.3 Å². The molecule has 2 rings (SSSR count). The Hall–Kier alpha value is -1.40. The normalized spacial score (nSPS) is 11.7. The largest absolute Gasteiger partial charge is 0.368 e. The Morgan fingerprint density at radius 2 is 2.15 bits per heavy atom. The molecule has 0 bridgehead atoms. The van der Waals surface area contributed by atoms with Gasteiger partial charge in [-0.1, -0.05) is 6.92 Å². The van der Waals surface area contributed by atoms with E-state index in [9.17, 15) is 0 Å². The van der Waals surface area contributed by atoms with Gasteiger partial charge in [0.2, 0.25) is 5.95 Å². The molecule has 0 aromatic carbocycles. The molecular formula is C14H23N5S. The third-order valence-corrected chi connectivity index (χ3v) is 4.62. The lowest BCUT2D eigenvalue weighted by Crippen LogP contribution is -2.31. The van der Waals surface area contributed by atoms with Crippen molar-refractivity contribution in [3.05, 3.63) is 10.9 Å². The average Bonchev–Trinajstić information content (AvgIpc) is 2.81.